The Balaban J connectivity index is 1.77. The lowest BCUT2D eigenvalue weighted by atomic mass is 9.90. The molecule has 1 fully saturated rings. The lowest BCUT2D eigenvalue weighted by molar-refractivity contribution is -0.119. The van der Waals surface area contributed by atoms with Crippen molar-refractivity contribution in [3.63, 3.8) is 0 Å². The van der Waals surface area contributed by atoms with Crippen molar-refractivity contribution in [3.05, 3.63) is 47.8 Å². The van der Waals surface area contributed by atoms with Gasteiger partial charge in [0.15, 0.2) is 0 Å². The molecule has 2 atom stereocenters. The van der Waals surface area contributed by atoms with Gasteiger partial charge in [0.1, 0.15) is 0 Å². The molecular weight excluding hydrogens is 342 g/mol. The van der Waals surface area contributed by atoms with Crippen LogP contribution in [0.2, 0.25) is 0 Å². The van der Waals surface area contributed by atoms with Crippen molar-refractivity contribution >= 4 is 17.5 Å². The molecule has 1 aromatic heterocycles. The average molecular weight is 369 g/mol. The summed E-state index contributed by atoms with van der Waals surface area (Å²) in [5, 5.41) is 13.4. The van der Waals surface area contributed by atoms with Crippen LogP contribution in [0.1, 0.15) is 42.6 Å². The van der Waals surface area contributed by atoms with Gasteiger partial charge < -0.3 is 16.0 Å². The molecule has 3 rings (SSSR count). The van der Waals surface area contributed by atoms with Gasteiger partial charge in [0.05, 0.1) is 23.4 Å². The van der Waals surface area contributed by atoms with Gasteiger partial charge in [0.2, 0.25) is 5.91 Å². The minimum atomic E-state index is -0.352. The summed E-state index contributed by atoms with van der Waals surface area (Å²) in [6.45, 7) is 7.11. The molecule has 1 saturated heterocycles. The second-order valence-electron chi connectivity index (χ2n) is 8.06. The normalized spacial score (nSPS) is 19.7. The SMILES string of the molecule is Cn1cc([C@H]2CNC[C@@H]2C(=O)Nc2ccccc2C(=O)NC(C)(C)C)cn1. The van der Waals surface area contributed by atoms with Crippen molar-refractivity contribution in [2.75, 3.05) is 18.4 Å². The lowest BCUT2D eigenvalue weighted by Crippen LogP contribution is -2.41. The first-order valence-corrected chi connectivity index (χ1v) is 9.16. The van der Waals surface area contributed by atoms with Gasteiger partial charge in [-0.25, -0.2) is 0 Å². The monoisotopic (exact) mass is 369 g/mol. The van der Waals surface area contributed by atoms with Crippen molar-refractivity contribution < 1.29 is 9.59 Å². The number of amides is 2. The molecule has 0 bridgehead atoms. The van der Waals surface area contributed by atoms with Crippen LogP contribution < -0.4 is 16.0 Å². The number of hydrogen-bond donors (Lipinski definition) is 3. The number of nitrogens with zero attached hydrogens (tertiary/aromatic N) is 2. The molecule has 0 radical (unpaired) electrons. The second-order valence-corrected chi connectivity index (χ2v) is 8.06. The fourth-order valence-corrected chi connectivity index (χ4v) is 3.36. The largest absolute Gasteiger partial charge is 0.347 e. The maximum Gasteiger partial charge on any atom is 0.253 e. The van der Waals surface area contributed by atoms with Gasteiger partial charge in [-0.2, -0.15) is 5.10 Å². The molecule has 2 heterocycles. The van der Waals surface area contributed by atoms with E-state index in [1.54, 1.807) is 22.9 Å². The summed E-state index contributed by atoms with van der Waals surface area (Å²) >= 11 is 0. The number of hydrogen-bond acceptors (Lipinski definition) is 4. The molecule has 0 aliphatic carbocycles. The molecular formula is C20H27N5O2. The fraction of sp³-hybridized carbons (Fsp3) is 0.450. The molecule has 7 heteroatoms. The Bertz CT molecular complexity index is 837. The van der Waals surface area contributed by atoms with Gasteiger partial charge in [-0.1, -0.05) is 12.1 Å². The molecule has 0 saturated carbocycles. The van der Waals surface area contributed by atoms with Crippen molar-refractivity contribution in [1.82, 2.24) is 20.4 Å². The summed E-state index contributed by atoms with van der Waals surface area (Å²) in [5.41, 5.74) is 1.68. The smallest absolute Gasteiger partial charge is 0.253 e. The molecule has 1 aliphatic rings. The first-order valence-electron chi connectivity index (χ1n) is 9.16. The van der Waals surface area contributed by atoms with E-state index in [-0.39, 0.29) is 29.2 Å². The number of para-hydroxylation sites is 1. The molecule has 2 aromatic rings. The van der Waals surface area contributed by atoms with Gasteiger partial charge in [0.25, 0.3) is 5.91 Å². The number of carbonyl (C=O) groups excluding carboxylic acids is 2. The summed E-state index contributed by atoms with van der Waals surface area (Å²) < 4.78 is 1.74. The molecule has 2 amide bonds. The Morgan fingerprint density at radius 3 is 2.63 bits per heavy atom. The quantitative estimate of drug-likeness (QED) is 0.768. The first-order chi connectivity index (χ1) is 12.7. The van der Waals surface area contributed by atoms with E-state index in [4.69, 9.17) is 0 Å². The van der Waals surface area contributed by atoms with E-state index in [1.807, 2.05) is 46.3 Å². The molecule has 1 aromatic carbocycles. The molecule has 3 N–H and O–H groups in total. The van der Waals surface area contributed by atoms with Crippen LogP contribution in [0.15, 0.2) is 36.7 Å². The summed E-state index contributed by atoms with van der Waals surface area (Å²) in [5.74, 6) is -0.446. The summed E-state index contributed by atoms with van der Waals surface area (Å²) in [4.78, 5) is 25.5. The van der Waals surface area contributed by atoms with Crippen molar-refractivity contribution in [2.24, 2.45) is 13.0 Å². The van der Waals surface area contributed by atoms with Crippen molar-refractivity contribution in [1.29, 1.82) is 0 Å². The number of benzene rings is 1. The Morgan fingerprint density at radius 2 is 1.96 bits per heavy atom. The maximum absolute atomic E-state index is 13.0. The highest BCUT2D eigenvalue weighted by Crippen LogP contribution is 2.29. The van der Waals surface area contributed by atoms with E-state index in [0.717, 1.165) is 12.1 Å². The van der Waals surface area contributed by atoms with E-state index in [0.29, 0.717) is 17.8 Å². The van der Waals surface area contributed by atoms with Gasteiger partial charge in [-0.05, 0) is 38.5 Å². The topological polar surface area (TPSA) is 88.0 Å². The zero-order valence-electron chi connectivity index (χ0n) is 16.2. The van der Waals surface area contributed by atoms with Crippen LogP contribution in [0.25, 0.3) is 0 Å². The predicted octanol–water partition coefficient (Wildman–Crippen LogP) is 1.89. The van der Waals surface area contributed by atoms with Gasteiger partial charge in [-0.15, -0.1) is 0 Å². The van der Waals surface area contributed by atoms with Crippen molar-refractivity contribution in [2.45, 2.75) is 32.2 Å². The highest BCUT2D eigenvalue weighted by Gasteiger charge is 2.35. The zero-order chi connectivity index (χ0) is 19.6. The van der Waals surface area contributed by atoms with Crippen LogP contribution in [0.5, 0.6) is 0 Å². The molecule has 7 nitrogen and oxygen atoms in total. The minimum absolute atomic E-state index is 0.0641. The number of rotatable bonds is 4. The Labute approximate surface area is 159 Å². The van der Waals surface area contributed by atoms with Crippen molar-refractivity contribution in [3.8, 4) is 0 Å². The predicted molar refractivity (Wildman–Crippen MR) is 105 cm³/mol. The summed E-state index contributed by atoms with van der Waals surface area (Å²) in [6, 6.07) is 7.09. The molecule has 144 valence electrons. The van der Waals surface area contributed by atoms with Gasteiger partial charge in [0, 0.05) is 37.8 Å². The standard InChI is InChI=1S/C20H27N5O2/c1-20(2,3)24-19(27)14-7-5-6-8-17(14)23-18(26)16-11-21-10-15(16)13-9-22-25(4)12-13/h5-9,12,15-16,21H,10-11H2,1-4H3,(H,23,26)(H,24,27)/t15-,16+/m1/s1. The van der Waals surface area contributed by atoms with Crippen LogP contribution in [0.4, 0.5) is 5.69 Å². The molecule has 27 heavy (non-hydrogen) atoms. The Kier molecular flexibility index (Phi) is 5.32. The van der Waals surface area contributed by atoms with Gasteiger partial charge >= 0.3 is 0 Å². The van der Waals surface area contributed by atoms with E-state index >= 15 is 0 Å². The number of nitrogens with one attached hydrogen (secondary N) is 3. The van der Waals surface area contributed by atoms with E-state index in [1.165, 1.54) is 0 Å². The highest BCUT2D eigenvalue weighted by molar-refractivity contribution is 6.04. The third kappa shape index (κ3) is 4.54. The van der Waals surface area contributed by atoms with Crippen LogP contribution in [-0.4, -0.2) is 40.2 Å². The van der Waals surface area contributed by atoms with Crippen LogP contribution in [0.3, 0.4) is 0 Å². The number of anilines is 1. The lowest BCUT2D eigenvalue weighted by Gasteiger charge is -2.22. The molecule has 1 aliphatic heterocycles. The maximum atomic E-state index is 13.0. The average Bonchev–Trinajstić information content (AvgIpc) is 3.22. The van der Waals surface area contributed by atoms with Crippen LogP contribution >= 0.6 is 0 Å². The third-order valence-corrected chi connectivity index (χ3v) is 4.62. The Hall–Kier alpha value is -2.67. The third-order valence-electron chi connectivity index (χ3n) is 4.62. The van der Waals surface area contributed by atoms with E-state index in [2.05, 4.69) is 21.0 Å². The Morgan fingerprint density at radius 1 is 1.22 bits per heavy atom. The zero-order valence-corrected chi connectivity index (χ0v) is 16.2. The van der Waals surface area contributed by atoms with E-state index in [9.17, 15) is 9.59 Å². The summed E-state index contributed by atoms with van der Waals surface area (Å²) in [7, 11) is 1.87. The minimum Gasteiger partial charge on any atom is -0.347 e. The van der Waals surface area contributed by atoms with Crippen LogP contribution in [-0.2, 0) is 11.8 Å². The highest BCUT2D eigenvalue weighted by atomic mass is 16.2. The van der Waals surface area contributed by atoms with Gasteiger partial charge in [-0.3, -0.25) is 14.3 Å². The number of aromatic nitrogens is 2. The number of carbonyl (C=O) groups is 2. The summed E-state index contributed by atoms with van der Waals surface area (Å²) in [6.07, 6.45) is 3.76. The fourth-order valence-electron chi connectivity index (χ4n) is 3.36. The molecule has 0 unspecified atom stereocenters. The molecule has 0 spiro atoms. The van der Waals surface area contributed by atoms with Crippen LogP contribution in [0, 0.1) is 5.92 Å². The first kappa shape index (κ1) is 19.1. The second kappa shape index (κ2) is 7.52. The number of aryl methyl sites for hydroxylation is 1. The van der Waals surface area contributed by atoms with E-state index < -0.39 is 0 Å².